The number of likely N-dealkylation sites (tertiary alicyclic amines) is 1. The summed E-state index contributed by atoms with van der Waals surface area (Å²) >= 11 is 0. The lowest BCUT2D eigenvalue weighted by Gasteiger charge is -2.18. The normalized spacial score (nSPS) is 22.8. The van der Waals surface area contributed by atoms with Gasteiger partial charge in [-0.25, -0.2) is 0 Å². The van der Waals surface area contributed by atoms with E-state index in [1.54, 1.807) is 0 Å². The molecule has 2 nitrogen and oxygen atoms in total. The molecule has 0 aromatic heterocycles. The van der Waals surface area contributed by atoms with Crippen LogP contribution >= 0.6 is 0 Å². The van der Waals surface area contributed by atoms with Gasteiger partial charge in [0.25, 0.3) is 0 Å². The first-order chi connectivity index (χ1) is 6.15. The smallest absolute Gasteiger partial charge is 0.225 e. The van der Waals surface area contributed by atoms with Gasteiger partial charge in [-0.05, 0) is 18.8 Å². The molecule has 0 bridgehead atoms. The second kappa shape index (κ2) is 4.64. The SMILES string of the molecule is CCC[C@H]1CCN(C(=O)C(C)C)C1. The zero-order valence-corrected chi connectivity index (χ0v) is 9.05. The molecule has 0 unspecified atom stereocenters. The molecule has 1 saturated heterocycles. The number of carbonyl (C=O) groups excluding carboxylic acids is 1. The lowest BCUT2D eigenvalue weighted by atomic mass is 10.0. The van der Waals surface area contributed by atoms with Crippen molar-refractivity contribution in [2.75, 3.05) is 13.1 Å². The third-order valence-electron chi connectivity index (χ3n) is 2.79. The van der Waals surface area contributed by atoms with Crippen LogP contribution in [0.4, 0.5) is 0 Å². The summed E-state index contributed by atoms with van der Waals surface area (Å²) in [6.07, 6.45) is 3.74. The molecule has 1 aliphatic heterocycles. The van der Waals surface area contributed by atoms with Gasteiger partial charge in [-0.2, -0.15) is 0 Å². The molecule has 13 heavy (non-hydrogen) atoms. The van der Waals surface area contributed by atoms with Crippen LogP contribution in [0.1, 0.15) is 40.0 Å². The van der Waals surface area contributed by atoms with Gasteiger partial charge in [0.15, 0.2) is 0 Å². The molecule has 0 saturated carbocycles. The number of rotatable bonds is 3. The maximum absolute atomic E-state index is 11.6. The highest BCUT2D eigenvalue weighted by molar-refractivity contribution is 5.78. The second-order valence-electron chi connectivity index (χ2n) is 4.38. The Bertz CT molecular complexity index is 177. The number of nitrogens with zero attached hydrogens (tertiary/aromatic N) is 1. The Morgan fingerprint density at radius 1 is 1.54 bits per heavy atom. The molecule has 0 aromatic carbocycles. The second-order valence-corrected chi connectivity index (χ2v) is 4.38. The van der Waals surface area contributed by atoms with E-state index in [1.807, 2.05) is 18.7 Å². The monoisotopic (exact) mass is 183 g/mol. The van der Waals surface area contributed by atoms with Crippen molar-refractivity contribution in [3.05, 3.63) is 0 Å². The Morgan fingerprint density at radius 3 is 2.77 bits per heavy atom. The summed E-state index contributed by atoms with van der Waals surface area (Å²) in [4.78, 5) is 13.7. The third kappa shape index (κ3) is 2.71. The first-order valence-electron chi connectivity index (χ1n) is 5.44. The first-order valence-corrected chi connectivity index (χ1v) is 5.44. The molecule has 0 spiro atoms. The summed E-state index contributed by atoms with van der Waals surface area (Å²) in [6.45, 7) is 8.17. The van der Waals surface area contributed by atoms with Crippen molar-refractivity contribution in [2.24, 2.45) is 11.8 Å². The van der Waals surface area contributed by atoms with E-state index in [0.29, 0.717) is 5.91 Å². The molecule has 0 radical (unpaired) electrons. The molecule has 0 N–H and O–H groups in total. The Hall–Kier alpha value is -0.530. The van der Waals surface area contributed by atoms with Crippen LogP contribution in [-0.2, 0) is 4.79 Å². The Morgan fingerprint density at radius 2 is 2.23 bits per heavy atom. The summed E-state index contributed by atoms with van der Waals surface area (Å²) in [5.74, 6) is 1.27. The highest BCUT2D eigenvalue weighted by atomic mass is 16.2. The first kappa shape index (κ1) is 10.6. The van der Waals surface area contributed by atoms with E-state index >= 15 is 0 Å². The van der Waals surface area contributed by atoms with Gasteiger partial charge in [-0.1, -0.05) is 27.2 Å². The van der Waals surface area contributed by atoms with E-state index in [0.717, 1.165) is 19.0 Å². The third-order valence-corrected chi connectivity index (χ3v) is 2.79. The molecule has 1 fully saturated rings. The largest absolute Gasteiger partial charge is 0.342 e. The standard InChI is InChI=1S/C11H21NO/c1-4-5-10-6-7-12(8-10)11(13)9(2)3/h9-10H,4-8H2,1-3H3/t10-/m0/s1. The Balaban J connectivity index is 2.36. The zero-order chi connectivity index (χ0) is 9.84. The predicted molar refractivity (Wildman–Crippen MR) is 54.4 cm³/mol. The molecule has 1 atom stereocenters. The molecule has 1 amide bonds. The van der Waals surface area contributed by atoms with Gasteiger partial charge in [0.2, 0.25) is 5.91 Å². The van der Waals surface area contributed by atoms with Crippen LogP contribution in [0.5, 0.6) is 0 Å². The quantitative estimate of drug-likeness (QED) is 0.657. The summed E-state index contributed by atoms with van der Waals surface area (Å²) in [7, 11) is 0. The van der Waals surface area contributed by atoms with E-state index in [2.05, 4.69) is 6.92 Å². The average molecular weight is 183 g/mol. The number of hydrogen-bond acceptors (Lipinski definition) is 1. The van der Waals surface area contributed by atoms with Gasteiger partial charge < -0.3 is 4.90 Å². The van der Waals surface area contributed by atoms with E-state index in [4.69, 9.17) is 0 Å². The van der Waals surface area contributed by atoms with Gasteiger partial charge in [-0.3, -0.25) is 4.79 Å². The highest BCUT2D eigenvalue weighted by Crippen LogP contribution is 2.21. The minimum atomic E-state index is 0.167. The van der Waals surface area contributed by atoms with Crippen LogP contribution in [0, 0.1) is 11.8 Å². The zero-order valence-electron chi connectivity index (χ0n) is 9.05. The molecular formula is C11H21NO. The Kier molecular flexibility index (Phi) is 3.76. The summed E-state index contributed by atoms with van der Waals surface area (Å²) < 4.78 is 0. The maximum atomic E-state index is 11.6. The minimum Gasteiger partial charge on any atom is -0.342 e. The van der Waals surface area contributed by atoms with Gasteiger partial charge >= 0.3 is 0 Å². The van der Waals surface area contributed by atoms with Crippen molar-refractivity contribution >= 4 is 5.91 Å². The van der Waals surface area contributed by atoms with Crippen LogP contribution < -0.4 is 0 Å². The Labute approximate surface area is 81.3 Å². The molecule has 76 valence electrons. The molecular weight excluding hydrogens is 162 g/mol. The number of hydrogen-bond donors (Lipinski definition) is 0. The summed E-state index contributed by atoms with van der Waals surface area (Å²) in [5, 5.41) is 0. The van der Waals surface area contributed by atoms with Crippen molar-refractivity contribution in [1.29, 1.82) is 0 Å². The lowest BCUT2D eigenvalue weighted by molar-refractivity contribution is -0.133. The predicted octanol–water partition coefficient (Wildman–Crippen LogP) is 2.29. The fourth-order valence-corrected chi connectivity index (χ4v) is 2.04. The van der Waals surface area contributed by atoms with Gasteiger partial charge in [0.1, 0.15) is 0 Å². The van der Waals surface area contributed by atoms with Gasteiger partial charge in [-0.15, -0.1) is 0 Å². The molecule has 1 heterocycles. The van der Waals surface area contributed by atoms with Crippen molar-refractivity contribution in [3.63, 3.8) is 0 Å². The highest BCUT2D eigenvalue weighted by Gasteiger charge is 2.26. The van der Waals surface area contributed by atoms with Crippen LogP contribution in [0.25, 0.3) is 0 Å². The van der Waals surface area contributed by atoms with Crippen molar-refractivity contribution in [3.8, 4) is 0 Å². The number of amides is 1. The van der Waals surface area contributed by atoms with Crippen LogP contribution in [0.2, 0.25) is 0 Å². The van der Waals surface area contributed by atoms with Crippen molar-refractivity contribution in [1.82, 2.24) is 4.90 Å². The van der Waals surface area contributed by atoms with E-state index in [9.17, 15) is 4.79 Å². The molecule has 0 aliphatic carbocycles. The van der Waals surface area contributed by atoms with E-state index in [1.165, 1.54) is 19.3 Å². The number of carbonyl (C=O) groups is 1. The van der Waals surface area contributed by atoms with Crippen LogP contribution in [0.15, 0.2) is 0 Å². The molecule has 0 aromatic rings. The van der Waals surface area contributed by atoms with E-state index < -0.39 is 0 Å². The van der Waals surface area contributed by atoms with Crippen LogP contribution in [-0.4, -0.2) is 23.9 Å². The minimum absolute atomic E-state index is 0.167. The summed E-state index contributed by atoms with van der Waals surface area (Å²) in [6, 6.07) is 0. The van der Waals surface area contributed by atoms with Crippen LogP contribution in [0.3, 0.4) is 0 Å². The lowest BCUT2D eigenvalue weighted by Crippen LogP contribution is -2.32. The van der Waals surface area contributed by atoms with Gasteiger partial charge in [0, 0.05) is 19.0 Å². The van der Waals surface area contributed by atoms with Crippen molar-refractivity contribution in [2.45, 2.75) is 40.0 Å². The van der Waals surface area contributed by atoms with Gasteiger partial charge in [0.05, 0.1) is 0 Å². The fourth-order valence-electron chi connectivity index (χ4n) is 2.04. The summed E-state index contributed by atoms with van der Waals surface area (Å²) in [5.41, 5.74) is 0. The molecule has 1 rings (SSSR count). The fraction of sp³-hybridized carbons (Fsp3) is 0.909. The van der Waals surface area contributed by atoms with Crippen molar-refractivity contribution < 1.29 is 4.79 Å². The topological polar surface area (TPSA) is 20.3 Å². The maximum Gasteiger partial charge on any atom is 0.225 e. The molecule has 2 heteroatoms. The van der Waals surface area contributed by atoms with E-state index in [-0.39, 0.29) is 5.92 Å². The average Bonchev–Trinajstić information content (AvgIpc) is 2.52. The molecule has 1 aliphatic rings.